The van der Waals surface area contributed by atoms with E-state index in [1.807, 2.05) is 5.32 Å². The number of carbonyl (C=O) groups excluding carboxylic acids is 14. The fourth-order valence-corrected chi connectivity index (χ4v) is 9.33. The van der Waals surface area contributed by atoms with Crippen LogP contribution >= 0.6 is 25.3 Å². The van der Waals surface area contributed by atoms with Gasteiger partial charge in [0.25, 0.3) is 0 Å². The van der Waals surface area contributed by atoms with Crippen molar-refractivity contribution in [3.05, 3.63) is 0 Å². The van der Waals surface area contributed by atoms with E-state index in [9.17, 15) is 86.9 Å². The number of unbranched alkanes of at least 4 members (excludes halogenated alkanes) is 1. The van der Waals surface area contributed by atoms with Crippen molar-refractivity contribution in [3.63, 3.8) is 0 Å². The predicted octanol–water partition coefficient (Wildman–Crippen LogP) is -10.7. The van der Waals surface area contributed by atoms with Gasteiger partial charge in [-0.1, -0.05) is 13.8 Å². The first-order valence-corrected chi connectivity index (χ1v) is 31.5. The maximum Gasteiger partial charge on any atom is 0.328 e. The van der Waals surface area contributed by atoms with Crippen molar-refractivity contribution in [1.82, 2.24) is 68.7 Å². The minimum absolute atomic E-state index is 0.0188. The van der Waals surface area contributed by atoms with Crippen LogP contribution in [-0.4, -0.2) is 256 Å². The van der Waals surface area contributed by atoms with Gasteiger partial charge in [-0.25, -0.2) is 4.79 Å². The monoisotopic (exact) mass is 1390 g/mol. The number of nitrogens with one attached hydrogen (secondary N) is 12. The highest BCUT2D eigenvalue weighted by atomic mass is 32.1. The van der Waals surface area contributed by atoms with E-state index in [-0.39, 0.29) is 82.2 Å². The lowest BCUT2D eigenvalue weighted by atomic mass is 10.0. The van der Waals surface area contributed by atoms with Gasteiger partial charge in [0.1, 0.15) is 60.4 Å². The Morgan fingerprint density at radius 3 is 1.42 bits per heavy atom. The predicted molar refractivity (Wildman–Crippen MR) is 342 cm³/mol. The van der Waals surface area contributed by atoms with Crippen LogP contribution in [0.25, 0.3) is 0 Å². The summed E-state index contributed by atoms with van der Waals surface area (Å²) in [7, 11) is 0. The Bertz CT molecular complexity index is 2710. The zero-order valence-electron chi connectivity index (χ0n) is 53.0. The number of aliphatic hydroxyl groups is 2. The topological polar surface area (TPSA) is 644 Å². The fourth-order valence-electron chi connectivity index (χ4n) is 8.81. The van der Waals surface area contributed by atoms with Crippen LogP contribution in [0.4, 0.5) is 0 Å². The second-order valence-electron chi connectivity index (χ2n) is 22.2. The summed E-state index contributed by atoms with van der Waals surface area (Å²) in [5, 5.41) is 65.8. The number of rotatable bonds is 46. The first-order chi connectivity index (χ1) is 44.7. The van der Waals surface area contributed by atoms with Gasteiger partial charge in [0.05, 0.1) is 38.9 Å². The first kappa shape index (κ1) is 84.3. The fraction of sp³-hybridized carbons (Fsp3) is 0.685. The number of likely N-dealkylation sites (tertiary alicyclic amines) is 1. The lowest BCUT2D eigenvalue weighted by Crippen LogP contribution is -2.61. The molecule has 536 valence electrons. The van der Waals surface area contributed by atoms with Gasteiger partial charge in [0.2, 0.25) is 82.7 Å². The highest BCUT2D eigenvalue weighted by molar-refractivity contribution is 7.80. The molecule has 26 N–H and O–H groups in total. The molecule has 1 fully saturated rings. The largest absolute Gasteiger partial charge is 0.481 e. The van der Waals surface area contributed by atoms with Crippen molar-refractivity contribution >= 4 is 126 Å². The Balaban J connectivity index is 3.42. The van der Waals surface area contributed by atoms with Crippen LogP contribution in [-0.2, 0) is 76.7 Å². The van der Waals surface area contributed by atoms with Crippen LogP contribution in [0.15, 0.2) is 4.99 Å². The van der Waals surface area contributed by atoms with Gasteiger partial charge in [-0.2, -0.15) is 25.3 Å². The summed E-state index contributed by atoms with van der Waals surface area (Å²) in [4.78, 5) is 213. The minimum Gasteiger partial charge on any atom is -0.481 e. The molecule has 41 heteroatoms. The normalized spacial score (nSPS) is 15.7. The molecule has 1 aliphatic rings. The number of aliphatic hydroxyl groups excluding tert-OH is 2. The number of nitrogens with two attached hydrogens (primary N) is 5. The summed E-state index contributed by atoms with van der Waals surface area (Å²) in [6, 6.07) is -16.2. The van der Waals surface area contributed by atoms with Crippen LogP contribution < -0.4 is 92.5 Å². The van der Waals surface area contributed by atoms with Crippen LogP contribution in [0.1, 0.15) is 97.8 Å². The van der Waals surface area contributed by atoms with Gasteiger partial charge in [-0.05, 0) is 83.6 Å². The number of thiol groups is 2. The molecule has 95 heavy (non-hydrogen) atoms. The van der Waals surface area contributed by atoms with E-state index in [1.54, 1.807) is 13.8 Å². The number of aliphatic imine (C=N–C) groups is 1. The second kappa shape index (κ2) is 44.8. The third-order valence-electron chi connectivity index (χ3n) is 13.9. The smallest absolute Gasteiger partial charge is 0.328 e. The van der Waals surface area contributed by atoms with Crippen molar-refractivity contribution in [2.75, 3.05) is 64.0 Å². The number of carbonyl (C=O) groups is 16. The zero-order valence-corrected chi connectivity index (χ0v) is 54.8. The van der Waals surface area contributed by atoms with Gasteiger partial charge in [-0.3, -0.25) is 76.9 Å². The van der Waals surface area contributed by atoms with E-state index < -0.39 is 225 Å². The molecule has 0 bridgehead atoms. The van der Waals surface area contributed by atoms with Crippen molar-refractivity contribution in [2.45, 2.75) is 164 Å². The molecule has 1 heterocycles. The SMILES string of the molecule is CC(C)C[C@H](NC(=O)[C@@H]1CCCN1C(=O)[C@H](CO)NC(=O)[C@H](CCC(=O)O)NC(=O)[C@H](CS)NC(=O)[C@H](C)N)C(=O)N[C@@H](CCCCN)C(=O)N[C@@H](CCCN=C(N)N)C(=O)N[C@@H](CCC(N)=O)C(=O)N[C@@H](CS)C(=O)NCC(=O)NCC(=O)NCC(=O)N[C@@H](CO)C(=O)O. The van der Waals surface area contributed by atoms with E-state index in [4.69, 9.17) is 38.9 Å². The number of carboxylic acid groups (broad SMARTS) is 2. The second-order valence-corrected chi connectivity index (χ2v) is 23.0. The van der Waals surface area contributed by atoms with Gasteiger partial charge in [0.15, 0.2) is 5.96 Å². The van der Waals surface area contributed by atoms with E-state index in [2.05, 4.69) is 88.7 Å². The van der Waals surface area contributed by atoms with Gasteiger partial charge in [0, 0.05) is 37.4 Å². The molecule has 14 amide bonds. The molecule has 0 spiro atoms. The molecule has 1 saturated heterocycles. The molecular formula is C54H93N19O20S2. The van der Waals surface area contributed by atoms with Gasteiger partial charge in [-0.15, -0.1) is 0 Å². The minimum atomic E-state index is -1.75. The summed E-state index contributed by atoms with van der Waals surface area (Å²) < 4.78 is 0. The zero-order chi connectivity index (χ0) is 72.1. The standard InChI is InChI=1S/C54H93N19O20S2/c1-26(2)18-32(69-51(90)37-10-7-17-73(37)52(91)33(22-74)70-47(86)31(12-14-42(80)81)68-50(89)36(25-95)71-43(82)27(3)56)49(88)66-28(8-4-5-15-55)45(84)65-29(9-6-16-60-54(58)59)46(85)67-30(11-13-38(57)76)48(87)72-35(24-94)44(83)63-20-40(78)61-19-39(77)62-21-41(79)64-34(23-75)53(92)93/h26-37,74-75,94-95H,4-25,55-56H2,1-3H3,(H2,57,76)(H,61,78)(H,62,77)(H,63,83)(H,64,79)(H,65,84)(H,66,88)(H,67,85)(H,68,89)(H,69,90)(H,70,86)(H,71,82)(H,72,87)(H,80,81)(H,92,93)(H4,58,59,60)/t27-,28-,29-,30-,31-,32-,33-,34-,35-,36-,37-/m0/s1. The number of guanidine groups is 1. The molecule has 39 nitrogen and oxygen atoms in total. The lowest BCUT2D eigenvalue weighted by Gasteiger charge is -2.31. The third kappa shape index (κ3) is 32.8. The average Bonchev–Trinajstić information content (AvgIpc) is 1.77. The number of amides is 14. The summed E-state index contributed by atoms with van der Waals surface area (Å²) in [6.07, 6.45) is -1.58. The number of primary amides is 1. The Hall–Kier alpha value is -8.67. The van der Waals surface area contributed by atoms with Crippen LogP contribution in [0.3, 0.4) is 0 Å². The van der Waals surface area contributed by atoms with Crippen LogP contribution in [0.2, 0.25) is 0 Å². The molecule has 0 radical (unpaired) electrons. The number of nitrogens with zero attached hydrogens (tertiary/aromatic N) is 2. The number of hydrogen-bond donors (Lipinski definition) is 23. The highest BCUT2D eigenvalue weighted by Gasteiger charge is 2.41. The van der Waals surface area contributed by atoms with Crippen LogP contribution in [0, 0.1) is 5.92 Å². The Labute approximate surface area is 557 Å². The molecule has 0 aromatic rings. The van der Waals surface area contributed by atoms with Gasteiger partial charge < -0.3 is 118 Å². The molecule has 0 aliphatic carbocycles. The Morgan fingerprint density at radius 2 is 0.958 bits per heavy atom. The molecule has 0 saturated carbocycles. The molecule has 1 aliphatic heterocycles. The maximum atomic E-state index is 14.4. The summed E-state index contributed by atoms with van der Waals surface area (Å²) in [5.41, 5.74) is 27.8. The van der Waals surface area contributed by atoms with Gasteiger partial charge >= 0.3 is 11.9 Å². The lowest BCUT2D eigenvalue weighted by molar-refractivity contribution is -0.143. The van der Waals surface area contributed by atoms with Crippen molar-refractivity contribution < 1.29 is 97.1 Å². The molecule has 11 atom stereocenters. The molecule has 0 aromatic heterocycles. The summed E-state index contributed by atoms with van der Waals surface area (Å²) >= 11 is 8.18. The quantitative estimate of drug-likeness (QED) is 0.0116. The number of aliphatic carboxylic acids is 2. The van der Waals surface area contributed by atoms with E-state index in [1.165, 1.54) is 6.92 Å². The molecular weight excluding hydrogens is 1300 g/mol. The summed E-state index contributed by atoms with van der Waals surface area (Å²) in [6.45, 7) is 0.672. The van der Waals surface area contributed by atoms with E-state index in [0.29, 0.717) is 6.42 Å². The molecule has 0 unspecified atom stereocenters. The number of carboxylic acids is 2. The van der Waals surface area contributed by atoms with Crippen molar-refractivity contribution in [2.24, 2.45) is 39.6 Å². The first-order valence-electron chi connectivity index (χ1n) is 30.2. The average molecular weight is 1390 g/mol. The van der Waals surface area contributed by atoms with Crippen LogP contribution in [0.5, 0.6) is 0 Å². The van der Waals surface area contributed by atoms with E-state index in [0.717, 1.165) is 4.90 Å². The molecule has 0 aromatic carbocycles. The number of hydrogen-bond acceptors (Lipinski definition) is 23. The van der Waals surface area contributed by atoms with Crippen molar-refractivity contribution in [3.8, 4) is 0 Å². The Kier molecular flexibility index (Phi) is 39.8. The maximum absolute atomic E-state index is 14.4. The highest BCUT2D eigenvalue weighted by Crippen LogP contribution is 2.20. The van der Waals surface area contributed by atoms with Crippen molar-refractivity contribution in [1.29, 1.82) is 0 Å². The third-order valence-corrected chi connectivity index (χ3v) is 14.6. The van der Waals surface area contributed by atoms with E-state index >= 15 is 0 Å². The Morgan fingerprint density at radius 1 is 0.516 bits per heavy atom. The molecule has 1 rings (SSSR count). The summed E-state index contributed by atoms with van der Waals surface area (Å²) in [5.74, 6) is -17.4.